The minimum Gasteiger partial charge on any atom is -0.325 e. The van der Waals surface area contributed by atoms with Gasteiger partial charge < -0.3 is 4.81 Å². The van der Waals surface area contributed by atoms with Crippen LogP contribution in [0.5, 0.6) is 0 Å². The molecule has 0 N–H and O–H groups in total. The molecule has 0 bridgehead atoms. The smallest absolute Gasteiger partial charge is 0.325 e. The molecule has 1 aromatic rings. The number of hydrogen-bond acceptors (Lipinski definition) is 1. The van der Waals surface area contributed by atoms with Crippen molar-refractivity contribution in [3.05, 3.63) is 30.3 Å². The highest BCUT2D eigenvalue weighted by Gasteiger charge is 2.19. The lowest BCUT2D eigenvalue weighted by molar-refractivity contribution is 0.494. The number of halogens is 1. The second kappa shape index (κ2) is 5.30. The Morgan fingerprint density at radius 2 is 1.69 bits per heavy atom. The van der Waals surface area contributed by atoms with Gasteiger partial charge in [-0.25, -0.2) is 0 Å². The van der Waals surface area contributed by atoms with Crippen LogP contribution in [0.1, 0.15) is 13.8 Å². The zero-order valence-corrected chi connectivity index (χ0v) is 8.96. The van der Waals surface area contributed by atoms with E-state index in [0.717, 1.165) is 13.1 Å². The maximum absolute atomic E-state index is 6.30. The molecule has 0 aliphatic heterocycles. The van der Waals surface area contributed by atoms with E-state index in [9.17, 15) is 0 Å². The average molecular weight is 196 g/mol. The van der Waals surface area contributed by atoms with Gasteiger partial charge in [-0.2, -0.15) is 11.5 Å². The van der Waals surface area contributed by atoms with E-state index in [4.69, 9.17) is 11.5 Å². The largest absolute Gasteiger partial charge is 0.364 e. The van der Waals surface area contributed by atoms with Crippen molar-refractivity contribution in [2.45, 2.75) is 13.8 Å². The summed E-state index contributed by atoms with van der Waals surface area (Å²) in [6, 6.07) is 10.2. The number of benzene rings is 1. The normalized spacial score (nSPS) is 10.5. The summed E-state index contributed by atoms with van der Waals surface area (Å²) in [5.74, 6) is 0. The molecule has 0 saturated heterocycles. The molecule has 0 heterocycles. The molecule has 0 aliphatic rings. The predicted molar refractivity (Wildman–Crippen MR) is 60.6 cm³/mol. The Balaban J connectivity index is 2.72. The second-order valence-corrected chi connectivity index (χ2v) is 3.38. The minimum absolute atomic E-state index is 0.0104. The van der Waals surface area contributed by atoms with E-state index >= 15 is 0 Å². The van der Waals surface area contributed by atoms with Gasteiger partial charge >= 0.3 is 6.26 Å². The third kappa shape index (κ3) is 2.75. The molecule has 0 fully saturated rings. The monoisotopic (exact) mass is 195 g/mol. The lowest BCUT2D eigenvalue weighted by Gasteiger charge is -2.21. The molecule has 0 aliphatic carbocycles. The predicted octanol–water partition coefficient (Wildman–Crippen LogP) is 1.96. The summed E-state index contributed by atoms with van der Waals surface area (Å²) in [7, 11) is 0. The van der Waals surface area contributed by atoms with Crippen LogP contribution < -0.4 is 5.46 Å². The summed E-state index contributed by atoms with van der Waals surface area (Å²) in [5.41, 5.74) is 1.17. The van der Waals surface area contributed by atoms with Crippen LogP contribution in [0.15, 0.2) is 30.3 Å². The molecule has 13 heavy (non-hydrogen) atoms. The Labute approximate surface area is 85.7 Å². The molecule has 0 unspecified atom stereocenters. The Morgan fingerprint density at radius 3 is 2.15 bits per heavy atom. The molecule has 3 heteroatoms. The van der Waals surface area contributed by atoms with Gasteiger partial charge in [0.2, 0.25) is 0 Å². The summed E-state index contributed by atoms with van der Waals surface area (Å²) in [6.07, 6.45) is 0.0104. The lowest BCUT2D eigenvalue weighted by atomic mass is 9.78. The molecular formula is C10H15BClN. The molecule has 0 aromatic heterocycles. The molecule has 70 valence electrons. The first-order valence-corrected chi connectivity index (χ1v) is 5.16. The highest BCUT2D eigenvalue weighted by molar-refractivity contribution is 7.12. The maximum atomic E-state index is 6.30. The highest BCUT2D eigenvalue weighted by Crippen LogP contribution is 2.00. The van der Waals surface area contributed by atoms with Crippen LogP contribution >= 0.6 is 11.5 Å². The van der Waals surface area contributed by atoms with E-state index in [2.05, 4.69) is 30.8 Å². The molecular weight excluding hydrogens is 180 g/mol. The first kappa shape index (κ1) is 10.6. The molecule has 0 amide bonds. The summed E-state index contributed by atoms with van der Waals surface area (Å²) in [6.45, 7) is 6.22. The Kier molecular flexibility index (Phi) is 4.33. The first-order valence-electron chi connectivity index (χ1n) is 4.72. The minimum atomic E-state index is 0.0104. The van der Waals surface area contributed by atoms with Gasteiger partial charge in [-0.3, -0.25) is 0 Å². The van der Waals surface area contributed by atoms with E-state index < -0.39 is 0 Å². The van der Waals surface area contributed by atoms with E-state index in [1.807, 2.05) is 18.2 Å². The van der Waals surface area contributed by atoms with Gasteiger partial charge in [0, 0.05) is 0 Å². The van der Waals surface area contributed by atoms with Crippen molar-refractivity contribution in [3.8, 4) is 0 Å². The summed E-state index contributed by atoms with van der Waals surface area (Å²) in [5, 5.41) is 0. The SMILES string of the molecule is CCN(CC)B(Cl)c1ccccc1. The average Bonchev–Trinajstić information content (AvgIpc) is 2.21. The van der Waals surface area contributed by atoms with Gasteiger partial charge in [0.1, 0.15) is 0 Å². The fraction of sp³-hybridized carbons (Fsp3) is 0.400. The number of hydrogen-bond donors (Lipinski definition) is 0. The van der Waals surface area contributed by atoms with Crippen LogP contribution in [0.2, 0.25) is 0 Å². The van der Waals surface area contributed by atoms with Crippen molar-refractivity contribution < 1.29 is 0 Å². The topological polar surface area (TPSA) is 3.24 Å². The van der Waals surface area contributed by atoms with Crippen LogP contribution in [-0.2, 0) is 0 Å². The molecule has 1 rings (SSSR count). The van der Waals surface area contributed by atoms with Crippen LogP contribution in [0, 0.1) is 0 Å². The fourth-order valence-electron chi connectivity index (χ4n) is 1.37. The van der Waals surface area contributed by atoms with Crippen molar-refractivity contribution in [2.24, 2.45) is 0 Å². The van der Waals surface area contributed by atoms with Crippen LogP contribution in [-0.4, -0.2) is 24.2 Å². The molecule has 1 aromatic carbocycles. The summed E-state index contributed by atoms with van der Waals surface area (Å²) < 4.78 is 0. The van der Waals surface area contributed by atoms with Gasteiger partial charge in [-0.15, -0.1) is 0 Å². The van der Waals surface area contributed by atoms with E-state index in [0.29, 0.717) is 0 Å². The Hall–Kier alpha value is -0.465. The van der Waals surface area contributed by atoms with Crippen molar-refractivity contribution in [2.75, 3.05) is 13.1 Å². The number of rotatable bonds is 4. The van der Waals surface area contributed by atoms with Crippen molar-refractivity contribution in [3.63, 3.8) is 0 Å². The first-order chi connectivity index (χ1) is 6.29. The molecule has 1 nitrogen and oxygen atoms in total. The van der Waals surface area contributed by atoms with Gasteiger partial charge in [0.15, 0.2) is 0 Å². The van der Waals surface area contributed by atoms with Crippen molar-refractivity contribution in [1.82, 2.24) is 4.81 Å². The lowest BCUT2D eigenvalue weighted by Crippen LogP contribution is -2.43. The zero-order valence-electron chi connectivity index (χ0n) is 8.20. The Morgan fingerprint density at radius 1 is 1.15 bits per heavy atom. The van der Waals surface area contributed by atoms with Gasteiger partial charge in [0.05, 0.1) is 0 Å². The van der Waals surface area contributed by atoms with Crippen molar-refractivity contribution >= 4 is 23.2 Å². The maximum Gasteiger partial charge on any atom is 0.364 e. The summed E-state index contributed by atoms with van der Waals surface area (Å²) >= 11 is 6.30. The third-order valence-electron chi connectivity index (χ3n) is 2.21. The zero-order chi connectivity index (χ0) is 9.68. The van der Waals surface area contributed by atoms with Crippen LogP contribution in [0.3, 0.4) is 0 Å². The van der Waals surface area contributed by atoms with Crippen LogP contribution in [0.4, 0.5) is 0 Å². The van der Waals surface area contributed by atoms with Gasteiger partial charge in [-0.1, -0.05) is 44.2 Å². The standard InChI is InChI=1S/C10H15BClN/c1-3-13(4-2)11(12)10-8-6-5-7-9-10/h5-9H,3-4H2,1-2H3. The Bertz CT molecular complexity index is 236. The third-order valence-corrected chi connectivity index (χ3v) is 2.74. The van der Waals surface area contributed by atoms with E-state index in [1.165, 1.54) is 5.46 Å². The van der Waals surface area contributed by atoms with E-state index in [-0.39, 0.29) is 6.26 Å². The molecule has 0 spiro atoms. The van der Waals surface area contributed by atoms with E-state index in [1.54, 1.807) is 0 Å². The molecule has 0 saturated carbocycles. The molecule has 0 atom stereocenters. The summed E-state index contributed by atoms with van der Waals surface area (Å²) in [4.78, 5) is 2.22. The fourth-order valence-corrected chi connectivity index (χ4v) is 1.79. The van der Waals surface area contributed by atoms with Gasteiger partial charge in [-0.05, 0) is 18.6 Å². The molecule has 0 radical (unpaired) electrons. The quantitative estimate of drug-likeness (QED) is 0.664. The van der Waals surface area contributed by atoms with Crippen LogP contribution in [0.25, 0.3) is 0 Å². The highest BCUT2D eigenvalue weighted by atomic mass is 35.5. The van der Waals surface area contributed by atoms with Gasteiger partial charge in [0.25, 0.3) is 0 Å². The second-order valence-electron chi connectivity index (χ2n) is 2.97. The number of nitrogens with zero attached hydrogens (tertiary/aromatic N) is 1. The van der Waals surface area contributed by atoms with Crippen molar-refractivity contribution in [1.29, 1.82) is 0 Å².